The first kappa shape index (κ1) is 15.7. The average molecular weight is 288 g/mol. The fourth-order valence-corrected chi connectivity index (χ4v) is 1.67. The summed E-state index contributed by atoms with van der Waals surface area (Å²) in [7, 11) is 0. The molecule has 1 fully saturated rings. The maximum absolute atomic E-state index is 11.6. The van der Waals surface area contributed by atoms with Crippen LogP contribution in [-0.2, 0) is 14.3 Å². The first-order valence-electron chi connectivity index (χ1n) is 6.15. The average Bonchev–Trinajstić information content (AvgIpc) is 2.61. The zero-order valence-corrected chi connectivity index (χ0v) is 12.4. The van der Waals surface area contributed by atoms with Crippen LogP contribution in [0.25, 0.3) is 0 Å². The van der Waals surface area contributed by atoms with Crippen molar-refractivity contribution in [2.24, 2.45) is 0 Å². The van der Waals surface area contributed by atoms with Crippen molar-refractivity contribution in [3.63, 3.8) is 0 Å². The van der Waals surface area contributed by atoms with E-state index in [2.05, 4.69) is 10.6 Å². The van der Waals surface area contributed by atoms with Crippen LogP contribution in [0.5, 0.6) is 0 Å². The molecule has 0 saturated carbocycles. The molecule has 1 saturated heterocycles. The Labute approximate surface area is 118 Å². The van der Waals surface area contributed by atoms with E-state index in [9.17, 15) is 9.59 Å². The summed E-state index contributed by atoms with van der Waals surface area (Å²) >= 11 is 5.14. The smallest absolute Gasteiger partial charge is 0.408 e. The number of thiocarbonyl (C=S) groups is 1. The number of esters is 1. The van der Waals surface area contributed by atoms with E-state index in [4.69, 9.17) is 21.7 Å². The SMILES string of the molecule is C[C@H](NC(=O)OC(C)(C)C)C(=S)N[C@H]1CCOC1=O. The summed E-state index contributed by atoms with van der Waals surface area (Å²) in [5, 5.41) is 5.49. The third kappa shape index (κ3) is 5.42. The molecule has 2 N–H and O–H groups in total. The second kappa shape index (κ2) is 6.18. The summed E-state index contributed by atoms with van der Waals surface area (Å²) in [4.78, 5) is 23.2. The fourth-order valence-electron chi connectivity index (χ4n) is 1.47. The normalized spacial score (nSPS) is 20.4. The van der Waals surface area contributed by atoms with Crippen molar-refractivity contribution < 1.29 is 19.1 Å². The van der Waals surface area contributed by atoms with E-state index in [1.165, 1.54) is 0 Å². The molecule has 0 radical (unpaired) electrons. The molecule has 1 amide bonds. The molecule has 1 rings (SSSR count). The number of alkyl carbamates (subject to hydrolysis) is 1. The Bertz CT molecular complexity index is 378. The van der Waals surface area contributed by atoms with Crippen molar-refractivity contribution in [2.45, 2.75) is 51.8 Å². The highest BCUT2D eigenvalue weighted by atomic mass is 32.1. The second-order valence-corrected chi connectivity index (χ2v) is 5.83. The third-order valence-corrected chi connectivity index (χ3v) is 2.85. The minimum atomic E-state index is -0.561. The molecule has 0 spiro atoms. The van der Waals surface area contributed by atoms with Crippen molar-refractivity contribution in [1.29, 1.82) is 0 Å². The van der Waals surface area contributed by atoms with Crippen LogP contribution < -0.4 is 10.6 Å². The quantitative estimate of drug-likeness (QED) is 0.599. The fraction of sp³-hybridized carbons (Fsp3) is 0.750. The highest BCUT2D eigenvalue weighted by Gasteiger charge is 2.28. The van der Waals surface area contributed by atoms with Crippen molar-refractivity contribution in [1.82, 2.24) is 10.6 Å². The number of nitrogens with one attached hydrogen (secondary N) is 2. The maximum atomic E-state index is 11.6. The molecule has 19 heavy (non-hydrogen) atoms. The minimum Gasteiger partial charge on any atom is -0.464 e. The Kier molecular flexibility index (Phi) is 5.11. The number of carbonyl (C=O) groups is 2. The number of amides is 1. The lowest BCUT2D eigenvalue weighted by Gasteiger charge is -2.23. The van der Waals surface area contributed by atoms with Crippen LogP contribution in [0.1, 0.15) is 34.1 Å². The van der Waals surface area contributed by atoms with Gasteiger partial charge in [0, 0.05) is 6.42 Å². The summed E-state index contributed by atoms with van der Waals surface area (Å²) in [6.07, 6.45) is 0.0381. The van der Waals surface area contributed by atoms with Gasteiger partial charge in [0.05, 0.1) is 17.6 Å². The zero-order valence-electron chi connectivity index (χ0n) is 11.6. The van der Waals surface area contributed by atoms with Crippen molar-refractivity contribution >= 4 is 29.3 Å². The first-order chi connectivity index (χ1) is 8.69. The molecule has 6 nitrogen and oxygen atoms in total. The summed E-state index contributed by atoms with van der Waals surface area (Å²) in [6, 6.07) is -0.839. The second-order valence-electron chi connectivity index (χ2n) is 5.39. The van der Waals surface area contributed by atoms with E-state index < -0.39 is 23.8 Å². The van der Waals surface area contributed by atoms with E-state index in [0.717, 1.165) is 0 Å². The molecule has 2 atom stereocenters. The van der Waals surface area contributed by atoms with Gasteiger partial charge in [0.25, 0.3) is 0 Å². The van der Waals surface area contributed by atoms with Gasteiger partial charge in [0.2, 0.25) is 0 Å². The standard InChI is InChI=1S/C12H20N2O4S/c1-7(13-11(16)18-12(2,3)4)9(19)14-8-5-6-17-10(8)15/h7-8H,5-6H2,1-4H3,(H,13,16)(H,14,19)/t7-,8-/m0/s1. The molecule has 7 heteroatoms. The molecule has 0 aromatic heterocycles. The zero-order chi connectivity index (χ0) is 14.6. The van der Waals surface area contributed by atoms with Gasteiger partial charge in [0.15, 0.2) is 0 Å². The van der Waals surface area contributed by atoms with Crippen LogP contribution in [0.15, 0.2) is 0 Å². The minimum absolute atomic E-state index is 0.313. The van der Waals surface area contributed by atoms with Gasteiger partial charge < -0.3 is 20.1 Å². The van der Waals surface area contributed by atoms with Gasteiger partial charge in [-0.05, 0) is 27.7 Å². The van der Waals surface area contributed by atoms with Crippen LogP contribution in [0, 0.1) is 0 Å². The van der Waals surface area contributed by atoms with Gasteiger partial charge in [-0.25, -0.2) is 9.59 Å². The van der Waals surface area contributed by atoms with Gasteiger partial charge in [-0.1, -0.05) is 12.2 Å². The highest BCUT2D eigenvalue weighted by Crippen LogP contribution is 2.08. The van der Waals surface area contributed by atoms with E-state index in [1.54, 1.807) is 27.7 Å². The number of carbonyl (C=O) groups excluding carboxylic acids is 2. The highest BCUT2D eigenvalue weighted by molar-refractivity contribution is 7.80. The molecule has 0 aliphatic carbocycles. The van der Waals surface area contributed by atoms with Crippen LogP contribution in [0.4, 0.5) is 4.79 Å². The Balaban J connectivity index is 2.40. The Hall–Kier alpha value is -1.37. The molecule has 1 aliphatic rings. The van der Waals surface area contributed by atoms with Gasteiger partial charge >= 0.3 is 12.1 Å². The largest absolute Gasteiger partial charge is 0.464 e. The van der Waals surface area contributed by atoms with Crippen LogP contribution in [-0.4, -0.2) is 41.3 Å². The lowest BCUT2D eigenvalue weighted by molar-refractivity contribution is -0.139. The van der Waals surface area contributed by atoms with E-state index in [-0.39, 0.29) is 5.97 Å². The molecule has 0 unspecified atom stereocenters. The lowest BCUT2D eigenvalue weighted by atomic mass is 10.2. The van der Waals surface area contributed by atoms with Crippen LogP contribution in [0.3, 0.4) is 0 Å². The molecular formula is C12H20N2O4S. The molecule has 1 heterocycles. The van der Waals surface area contributed by atoms with Crippen molar-refractivity contribution in [2.75, 3.05) is 6.61 Å². The van der Waals surface area contributed by atoms with Crippen molar-refractivity contribution in [3.8, 4) is 0 Å². The van der Waals surface area contributed by atoms with Crippen LogP contribution >= 0.6 is 12.2 Å². The molecule has 0 aromatic rings. The number of rotatable bonds is 3. The molecule has 0 aromatic carbocycles. The summed E-state index contributed by atoms with van der Waals surface area (Å²) in [5.41, 5.74) is -0.561. The number of ether oxygens (including phenoxy) is 2. The van der Waals surface area contributed by atoms with E-state index >= 15 is 0 Å². The monoisotopic (exact) mass is 288 g/mol. The molecule has 0 bridgehead atoms. The van der Waals surface area contributed by atoms with Gasteiger partial charge in [-0.15, -0.1) is 0 Å². The predicted octanol–water partition coefficient (Wildman–Crippen LogP) is 1.13. The first-order valence-corrected chi connectivity index (χ1v) is 6.56. The Morgan fingerprint density at radius 3 is 2.63 bits per heavy atom. The molecular weight excluding hydrogens is 268 g/mol. The number of hydrogen-bond acceptors (Lipinski definition) is 5. The molecule has 1 aliphatic heterocycles. The Morgan fingerprint density at radius 1 is 1.53 bits per heavy atom. The number of hydrogen-bond donors (Lipinski definition) is 2. The summed E-state index contributed by atoms with van der Waals surface area (Å²) in [6.45, 7) is 7.46. The van der Waals surface area contributed by atoms with Gasteiger partial charge in [-0.3, -0.25) is 0 Å². The summed E-state index contributed by atoms with van der Waals surface area (Å²) in [5.74, 6) is -0.313. The predicted molar refractivity (Wildman–Crippen MR) is 73.9 cm³/mol. The summed E-state index contributed by atoms with van der Waals surface area (Å²) < 4.78 is 9.94. The van der Waals surface area contributed by atoms with E-state index in [1.807, 2.05) is 0 Å². The van der Waals surface area contributed by atoms with Crippen molar-refractivity contribution in [3.05, 3.63) is 0 Å². The van der Waals surface area contributed by atoms with Crippen LogP contribution in [0.2, 0.25) is 0 Å². The number of cyclic esters (lactones) is 1. The Morgan fingerprint density at radius 2 is 2.16 bits per heavy atom. The van der Waals surface area contributed by atoms with Gasteiger partial charge in [-0.2, -0.15) is 0 Å². The van der Waals surface area contributed by atoms with E-state index in [0.29, 0.717) is 18.0 Å². The lowest BCUT2D eigenvalue weighted by Crippen LogP contribution is -2.49. The maximum Gasteiger partial charge on any atom is 0.408 e. The topological polar surface area (TPSA) is 76.7 Å². The molecule has 108 valence electrons. The van der Waals surface area contributed by atoms with Gasteiger partial charge in [0.1, 0.15) is 11.6 Å². The third-order valence-electron chi connectivity index (χ3n) is 2.38.